The van der Waals surface area contributed by atoms with Crippen molar-refractivity contribution in [1.82, 2.24) is 0 Å². The number of aliphatic hydroxyl groups excluding tert-OH is 3. The summed E-state index contributed by atoms with van der Waals surface area (Å²) in [5.74, 6) is 1.54. The van der Waals surface area contributed by atoms with Crippen molar-refractivity contribution in [2.75, 3.05) is 0 Å². The van der Waals surface area contributed by atoms with Gasteiger partial charge in [-0.2, -0.15) is 0 Å². The van der Waals surface area contributed by atoms with Crippen molar-refractivity contribution in [3.63, 3.8) is 0 Å². The van der Waals surface area contributed by atoms with Gasteiger partial charge in [-0.25, -0.2) is 0 Å². The highest BCUT2D eigenvalue weighted by Crippen LogP contribution is 2.61. The molecule has 0 unspecified atom stereocenters. The number of aryl methyl sites for hydroxylation is 1. The van der Waals surface area contributed by atoms with E-state index in [2.05, 4.69) is 30.3 Å². The second kappa shape index (κ2) is 7.12. The molecule has 0 radical (unpaired) electrons. The molecule has 29 heavy (non-hydrogen) atoms. The molecule has 3 N–H and O–H groups in total. The third kappa shape index (κ3) is 3.00. The molecular weight excluding hydrogens is 364 g/mol. The van der Waals surface area contributed by atoms with Gasteiger partial charge >= 0.3 is 0 Å². The molecule has 2 saturated carbocycles. The summed E-state index contributed by atoms with van der Waals surface area (Å²) < 4.78 is 6.02. The van der Waals surface area contributed by atoms with E-state index in [1.807, 2.05) is 25.1 Å². The largest absolute Gasteiger partial charge is 0.489 e. The molecular formula is C25H30O4. The summed E-state index contributed by atoms with van der Waals surface area (Å²) in [6.07, 6.45) is 1.06. The lowest BCUT2D eigenvalue weighted by atomic mass is 9.55. The maximum Gasteiger partial charge on any atom is 0.120 e. The standard InChI is InChI=1S/C25H30O4/c1-25-12-11-19-18-10-8-17(29-14-15-5-3-2-4-6-15)13-16(18)7-9-20(19)21(25)22(26)23(27)24(25)28/h2-6,8,10,13,19-24,26-28H,7,9,11-12,14H2,1H3/t19-,20-,21-,22-,23-,24+,25+/m1/s1. The Bertz CT molecular complexity index is 882. The molecule has 2 aromatic rings. The smallest absolute Gasteiger partial charge is 0.120 e. The summed E-state index contributed by atoms with van der Waals surface area (Å²) in [6, 6.07) is 16.6. The van der Waals surface area contributed by atoms with Gasteiger partial charge in [-0.15, -0.1) is 0 Å². The number of benzene rings is 2. The highest BCUT2D eigenvalue weighted by molar-refractivity contribution is 5.41. The second-order valence-electron chi connectivity index (χ2n) is 9.44. The van der Waals surface area contributed by atoms with Gasteiger partial charge in [0.25, 0.3) is 0 Å². The van der Waals surface area contributed by atoms with E-state index in [1.54, 1.807) is 0 Å². The summed E-state index contributed by atoms with van der Waals surface area (Å²) in [5, 5.41) is 31.6. The molecule has 0 bridgehead atoms. The van der Waals surface area contributed by atoms with Crippen LogP contribution in [0.3, 0.4) is 0 Å². The predicted octanol–water partition coefficient (Wildman–Crippen LogP) is 3.42. The molecule has 3 aliphatic carbocycles. The predicted molar refractivity (Wildman–Crippen MR) is 111 cm³/mol. The third-order valence-electron chi connectivity index (χ3n) is 7.96. The summed E-state index contributed by atoms with van der Waals surface area (Å²) >= 11 is 0. The molecule has 154 valence electrons. The fraction of sp³-hybridized carbons (Fsp3) is 0.520. The van der Waals surface area contributed by atoms with Crippen LogP contribution in [0.5, 0.6) is 5.75 Å². The van der Waals surface area contributed by atoms with E-state index in [0.717, 1.165) is 37.0 Å². The zero-order valence-corrected chi connectivity index (χ0v) is 16.9. The van der Waals surface area contributed by atoms with E-state index < -0.39 is 23.7 Å². The summed E-state index contributed by atoms with van der Waals surface area (Å²) in [5.41, 5.74) is 3.47. The van der Waals surface area contributed by atoms with Gasteiger partial charge < -0.3 is 20.1 Å². The van der Waals surface area contributed by atoms with Crippen LogP contribution in [0.25, 0.3) is 0 Å². The molecule has 4 nitrogen and oxygen atoms in total. The van der Waals surface area contributed by atoms with Gasteiger partial charge in [-0.05, 0) is 72.3 Å². The molecule has 0 saturated heterocycles. The Morgan fingerprint density at radius 3 is 2.59 bits per heavy atom. The lowest BCUT2D eigenvalue weighted by Crippen LogP contribution is -2.46. The number of ether oxygens (including phenoxy) is 1. The Balaban J connectivity index is 1.37. The molecule has 3 aliphatic rings. The Morgan fingerprint density at radius 1 is 1.00 bits per heavy atom. The maximum atomic E-state index is 10.7. The van der Waals surface area contributed by atoms with Crippen LogP contribution in [0.1, 0.15) is 48.8 Å². The molecule has 2 aromatic carbocycles. The van der Waals surface area contributed by atoms with E-state index in [0.29, 0.717) is 18.4 Å². The van der Waals surface area contributed by atoms with Gasteiger partial charge in [0.05, 0.1) is 12.2 Å². The maximum absolute atomic E-state index is 10.7. The first-order valence-corrected chi connectivity index (χ1v) is 10.8. The lowest BCUT2D eigenvalue weighted by molar-refractivity contribution is -0.0505. The summed E-state index contributed by atoms with van der Waals surface area (Å²) in [4.78, 5) is 0. The van der Waals surface area contributed by atoms with Gasteiger partial charge in [0, 0.05) is 5.41 Å². The first-order valence-electron chi connectivity index (χ1n) is 10.8. The van der Waals surface area contributed by atoms with Crippen molar-refractivity contribution in [3.05, 3.63) is 65.2 Å². The Labute approximate surface area is 172 Å². The number of hydrogen-bond donors (Lipinski definition) is 3. The van der Waals surface area contributed by atoms with E-state index in [9.17, 15) is 15.3 Å². The quantitative estimate of drug-likeness (QED) is 0.746. The first kappa shape index (κ1) is 19.1. The van der Waals surface area contributed by atoms with Crippen LogP contribution in [0.2, 0.25) is 0 Å². The minimum Gasteiger partial charge on any atom is -0.489 e. The molecule has 5 rings (SSSR count). The van der Waals surface area contributed by atoms with E-state index in [-0.39, 0.29) is 5.92 Å². The van der Waals surface area contributed by atoms with Crippen molar-refractivity contribution in [2.45, 2.75) is 63.4 Å². The normalized spacial score (nSPS) is 38.1. The molecule has 0 aromatic heterocycles. The minimum absolute atomic E-state index is 0.0478. The van der Waals surface area contributed by atoms with Gasteiger partial charge in [-0.3, -0.25) is 0 Å². The number of aliphatic hydroxyl groups is 3. The summed E-state index contributed by atoms with van der Waals surface area (Å²) in [6.45, 7) is 2.61. The molecule has 2 fully saturated rings. The van der Waals surface area contributed by atoms with Crippen LogP contribution in [-0.2, 0) is 13.0 Å². The molecule has 7 atom stereocenters. The van der Waals surface area contributed by atoms with Crippen LogP contribution in [-0.4, -0.2) is 33.6 Å². The molecule has 0 spiro atoms. The van der Waals surface area contributed by atoms with Gasteiger partial charge in [0.1, 0.15) is 18.5 Å². The zero-order valence-electron chi connectivity index (χ0n) is 16.9. The SMILES string of the molecule is C[C@]12CC[C@@H]3c4ccc(OCc5ccccc5)cc4CC[C@H]3[C@@H]1[C@@H](O)[C@@H](O)[C@@H]2O. The van der Waals surface area contributed by atoms with Crippen molar-refractivity contribution in [1.29, 1.82) is 0 Å². The zero-order chi connectivity index (χ0) is 20.2. The first-order chi connectivity index (χ1) is 14.0. The average Bonchev–Trinajstić information content (AvgIpc) is 2.93. The molecule has 0 heterocycles. The third-order valence-corrected chi connectivity index (χ3v) is 7.96. The van der Waals surface area contributed by atoms with Gasteiger partial charge in [0.15, 0.2) is 0 Å². The Hall–Kier alpha value is -1.88. The number of fused-ring (bicyclic) bond motifs is 5. The lowest BCUT2D eigenvalue weighted by Gasteiger charge is -2.50. The van der Waals surface area contributed by atoms with Crippen LogP contribution in [0, 0.1) is 17.3 Å². The molecule has 0 amide bonds. The van der Waals surface area contributed by atoms with Crippen LogP contribution in [0.4, 0.5) is 0 Å². The van der Waals surface area contributed by atoms with Gasteiger partial charge in [-0.1, -0.05) is 43.3 Å². The fourth-order valence-corrected chi connectivity index (χ4v) is 6.44. The Kier molecular flexibility index (Phi) is 4.69. The van der Waals surface area contributed by atoms with E-state index in [4.69, 9.17) is 4.74 Å². The number of hydrogen-bond acceptors (Lipinski definition) is 4. The minimum atomic E-state index is -1.03. The van der Waals surface area contributed by atoms with Crippen LogP contribution in [0.15, 0.2) is 48.5 Å². The summed E-state index contributed by atoms with van der Waals surface area (Å²) in [7, 11) is 0. The van der Waals surface area contributed by atoms with E-state index in [1.165, 1.54) is 11.1 Å². The van der Waals surface area contributed by atoms with Gasteiger partial charge in [0.2, 0.25) is 0 Å². The van der Waals surface area contributed by atoms with Crippen LogP contribution < -0.4 is 4.74 Å². The fourth-order valence-electron chi connectivity index (χ4n) is 6.44. The van der Waals surface area contributed by atoms with E-state index >= 15 is 0 Å². The van der Waals surface area contributed by atoms with Crippen LogP contribution >= 0.6 is 0 Å². The molecule has 0 aliphatic heterocycles. The average molecular weight is 395 g/mol. The van der Waals surface area contributed by atoms with Crippen molar-refractivity contribution in [3.8, 4) is 5.75 Å². The highest BCUT2D eigenvalue weighted by Gasteiger charge is 2.62. The van der Waals surface area contributed by atoms with Crippen molar-refractivity contribution < 1.29 is 20.1 Å². The Morgan fingerprint density at radius 2 is 1.79 bits per heavy atom. The highest BCUT2D eigenvalue weighted by atomic mass is 16.5. The van der Waals surface area contributed by atoms with Crippen molar-refractivity contribution >= 4 is 0 Å². The number of rotatable bonds is 3. The topological polar surface area (TPSA) is 69.9 Å². The molecule has 4 heteroatoms. The monoisotopic (exact) mass is 394 g/mol. The van der Waals surface area contributed by atoms with Crippen molar-refractivity contribution in [2.24, 2.45) is 17.3 Å². The second-order valence-corrected chi connectivity index (χ2v) is 9.44.